The van der Waals surface area contributed by atoms with E-state index in [1.165, 1.54) is 289 Å². The minimum Gasteiger partial charge on any atom is -0.466 e. The molecule has 1 amide bonds. The van der Waals surface area contributed by atoms with E-state index >= 15 is 0 Å². The van der Waals surface area contributed by atoms with Crippen LogP contribution in [0, 0.1) is 0 Å². The van der Waals surface area contributed by atoms with Gasteiger partial charge in [-0.1, -0.05) is 332 Å². The molecule has 0 aliphatic carbocycles. The van der Waals surface area contributed by atoms with E-state index in [1.54, 1.807) is 0 Å². The van der Waals surface area contributed by atoms with Gasteiger partial charge in [-0.15, -0.1) is 0 Å². The van der Waals surface area contributed by atoms with Gasteiger partial charge in [0, 0.05) is 12.8 Å². The monoisotopic (exact) mass is 1120 g/mol. The molecule has 0 fully saturated rings. The van der Waals surface area contributed by atoms with E-state index in [0.717, 1.165) is 64.2 Å². The maximum Gasteiger partial charge on any atom is 0.305 e. The topological polar surface area (TPSA) is 95.9 Å². The van der Waals surface area contributed by atoms with E-state index in [1.807, 2.05) is 0 Å². The largest absolute Gasteiger partial charge is 0.466 e. The molecule has 6 nitrogen and oxygen atoms in total. The normalized spacial score (nSPS) is 12.8. The van der Waals surface area contributed by atoms with Gasteiger partial charge in [0.1, 0.15) is 0 Å². The van der Waals surface area contributed by atoms with Crippen LogP contribution in [0.5, 0.6) is 0 Å². The van der Waals surface area contributed by atoms with Crippen LogP contribution in [0.2, 0.25) is 0 Å². The van der Waals surface area contributed by atoms with Crippen LogP contribution in [-0.4, -0.2) is 47.4 Å². The minimum atomic E-state index is -0.673. The maximum atomic E-state index is 12.6. The van der Waals surface area contributed by atoms with E-state index in [0.29, 0.717) is 25.9 Å². The lowest BCUT2D eigenvalue weighted by molar-refractivity contribution is -0.143. The Morgan fingerprint density at radius 1 is 0.350 bits per heavy atom. The molecule has 0 spiro atoms. The van der Waals surface area contributed by atoms with Crippen molar-refractivity contribution in [2.75, 3.05) is 13.2 Å². The third kappa shape index (κ3) is 65.0. The quantitative estimate of drug-likeness (QED) is 0.0320. The molecule has 0 rings (SSSR count). The summed E-state index contributed by atoms with van der Waals surface area (Å²) < 4.78 is 5.49. The van der Waals surface area contributed by atoms with Crippen molar-refractivity contribution >= 4 is 11.9 Å². The molecular weight excluding hydrogens is 983 g/mol. The Morgan fingerprint density at radius 3 is 0.975 bits per heavy atom. The predicted octanol–water partition coefficient (Wildman–Crippen LogP) is 23.3. The number of carbonyl (C=O) groups excluding carboxylic acids is 2. The van der Waals surface area contributed by atoms with Gasteiger partial charge in [0.15, 0.2) is 0 Å². The van der Waals surface area contributed by atoms with Crippen LogP contribution < -0.4 is 5.32 Å². The van der Waals surface area contributed by atoms with Gasteiger partial charge in [0.25, 0.3) is 0 Å². The summed E-state index contributed by atoms with van der Waals surface area (Å²) in [5.41, 5.74) is 0. The number of rotatable bonds is 67. The number of aliphatic hydroxyl groups is 2. The molecule has 0 saturated carbocycles. The zero-order valence-corrected chi connectivity index (χ0v) is 53.8. The molecule has 0 heterocycles. The molecule has 3 N–H and O–H groups in total. The van der Waals surface area contributed by atoms with Gasteiger partial charge in [-0.2, -0.15) is 0 Å². The van der Waals surface area contributed by atoms with Gasteiger partial charge in [0.05, 0.1) is 25.4 Å². The number of hydrogen-bond acceptors (Lipinski definition) is 5. The van der Waals surface area contributed by atoms with Crippen LogP contribution in [-0.2, 0) is 14.3 Å². The van der Waals surface area contributed by atoms with Crippen LogP contribution >= 0.6 is 0 Å². The molecule has 80 heavy (non-hydrogen) atoms. The molecule has 0 aliphatic rings. The molecular formula is C74H139NO5. The Balaban J connectivity index is 3.45. The summed E-state index contributed by atoms with van der Waals surface area (Å²) in [5, 5.41) is 23.4. The molecule has 0 aliphatic heterocycles. The van der Waals surface area contributed by atoms with Crippen LogP contribution in [0.3, 0.4) is 0 Å². The van der Waals surface area contributed by atoms with E-state index in [-0.39, 0.29) is 18.5 Å². The molecule has 0 radical (unpaired) electrons. The second-order valence-electron chi connectivity index (χ2n) is 24.6. The number of ether oxygens (including phenoxy) is 1. The van der Waals surface area contributed by atoms with Crippen LogP contribution in [0.15, 0.2) is 48.6 Å². The van der Waals surface area contributed by atoms with Gasteiger partial charge >= 0.3 is 5.97 Å². The summed E-state index contributed by atoms with van der Waals surface area (Å²) in [6.07, 6.45) is 90.1. The standard InChI is InChI=1S/C74H139NO5/c1-3-5-7-9-11-13-15-17-19-21-22-23-25-28-31-35-38-42-46-50-54-58-62-66-72(77)71(70-76)75-73(78)67-63-59-55-51-47-43-39-36-32-29-26-24-27-30-33-37-41-45-49-53-57-61-65-69-80-74(79)68-64-60-56-52-48-44-40-34-20-18-16-14-12-10-8-6-4-2/h12,14,18,20,24,27,29,32,71-72,76-77H,3-11,13,15-17,19,21-23,25-26,28,30-31,33-70H2,1-2H3,(H,75,78)/b14-12-,20-18-,27-24-,32-29-. The lowest BCUT2D eigenvalue weighted by Crippen LogP contribution is -2.45. The van der Waals surface area contributed by atoms with Gasteiger partial charge in [0.2, 0.25) is 5.91 Å². The number of amides is 1. The number of aliphatic hydroxyl groups excluding tert-OH is 2. The highest BCUT2D eigenvalue weighted by Crippen LogP contribution is 2.18. The van der Waals surface area contributed by atoms with Crippen molar-refractivity contribution in [2.24, 2.45) is 0 Å². The summed E-state index contributed by atoms with van der Waals surface area (Å²) in [7, 11) is 0. The van der Waals surface area contributed by atoms with E-state index in [2.05, 4.69) is 67.8 Å². The number of hydrogen-bond donors (Lipinski definition) is 3. The highest BCUT2D eigenvalue weighted by Gasteiger charge is 2.20. The SMILES string of the molecule is CCCCC/C=C\C/C=C\CCCCCCCCCC(=O)OCCCCCCCCCCC/C=C\C/C=C\CCCCCCCCCC(=O)NC(CO)C(O)CCCCCCCCCCCCCCCCCCCCCCCCC. The Hall–Kier alpha value is -2.18. The molecule has 6 heteroatoms. The first-order valence-electron chi connectivity index (χ1n) is 35.9. The van der Waals surface area contributed by atoms with Crippen molar-refractivity contribution in [3.05, 3.63) is 48.6 Å². The smallest absolute Gasteiger partial charge is 0.305 e. The van der Waals surface area contributed by atoms with Crippen molar-refractivity contribution in [3.8, 4) is 0 Å². The Kier molecular flexibility index (Phi) is 67.4. The molecule has 0 aromatic carbocycles. The highest BCUT2D eigenvalue weighted by molar-refractivity contribution is 5.76. The molecule has 0 saturated heterocycles. The predicted molar refractivity (Wildman–Crippen MR) is 352 cm³/mol. The first-order valence-corrected chi connectivity index (χ1v) is 35.9. The summed E-state index contributed by atoms with van der Waals surface area (Å²) in [5.74, 6) is -0.0422. The van der Waals surface area contributed by atoms with Crippen LogP contribution in [0.1, 0.15) is 386 Å². The lowest BCUT2D eigenvalue weighted by Gasteiger charge is -2.22. The average Bonchev–Trinajstić information content (AvgIpc) is 3.46. The second kappa shape index (κ2) is 69.3. The molecule has 470 valence electrons. The van der Waals surface area contributed by atoms with Crippen LogP contribution in [0.4, 0.5) is 0 Å². The van der Waals surface area contributed by atoms with Crippen LogP contribution in [0.25, 0.3) is 0 Å². The molecule has 0 aromatic heterocycles. The Labute approximate surface area is 499 Å². The summed E-state index contributed by atoms with van der Waals surface area (Å²) in [6.45, 7) is 4.95. The summed E-state index contributed by atoms with van der Waals surface area (Å²) in [6, 6.07) is -0.552. The number of unbranched alkanes of at least 4 members (excludes halogenated alkanes) is 48. The van der Waals surface area contributed by atoms with Gasteiger partial charge < -0.3 is 20.3 Å². The van der Waals surface area contributed by atoms with E-state index in [4.69, 9.17) is 4.74 Å². The fourth-order valence-corrected chi connectivity index (χ4v) is 11.1. The third-order valence-corrected chi connectivity index (χ3v) is 16.6. The maximum absolute atomic E-state index is 12.6. The molecule has 0 aromatic rings. The highest BCUT2D eigenvalue weighted by atomic mass is 16.5. The van der Waals surface area contributed by atoms with Crippen molar-refractivity contribution in [3.63, 3.8) is 0 Å². The Bertz CT molecular complexity index is 1340. The Morgan fingerprint density at radius 2 is 0.625 bits per heavy atom. The number of allylic oxidation sites excluding steroid dienone is 8. The van der Waals surface area contributed by atoms with Crippen molar-refractivity contribution < 1.29 is 24.5 Å². The van der Waals surface area contributed by atoms with Crippen molar-refractivity contribution in [1.29, 1.82) is 0 Å². The zero-order chi connectivity index (χ0) is 57.8. The summed E-state index contributed by atoms with van der Waals surface area (Å²) in [4.78, 5) is 24.6. The number of esters is 1. The summed E-state index contributed by atoms with van der Waals surface area (Å²) >= 11 is 0. The van der Waals surface area contributed by atoms with E-state index < -0.39 is 12.1 Å². The second-order valence-corrected chi connectivity index (χ2v) is 24.6. The molecule has 0 bridgehead atoms. The van der Waals surface area contributed by atoms with Gasteiger partial charge in [-0.05, 0) is 89.9 Å². The van der Waals surface area contributed by atoms with E-state index in [9.17, 15) is 19.8 Å². The van der Waals surface area contributed by atoms with Gasteiger partial charge in [-0.3, -0.25) is 9.59 Å². The lowest BCUT2D eigenvalue weighted by atomic mass is 10.0. The molecule has 2 atom stereocenters. The molecule has 2 unspecified atom stereocenters. The fraction of sp³-hybridized carbons (Fsp3) is 0.865. The third-order valence-electron chi connectivity index (χ3n) is 16.6. The van der Waals surface area contributed by atoms with Crippen molar-refractivity contribution in [1.82, 2.24) is 5.32 Å². The fourth-order valence-electron chi connectivity index (χ4n) is 11.1. The zero-order valence-electron chi connectivity index (χ0n) is 53.8. The minimum absolute atomic E-state index is 0.000275. The average molecular weight is 1120 g/mol. The number of nitrogens with one attached hydrogen (secondary N) is 1. The first kappa shape index (κ1) is 77.8. The first-order chi connectivity index (χ1) is 39.5. The van der Waals surface area contributed by atoms with Gasteiger partial charge in [-0.25, -0.2) is 0 Å². The van der Waals surface area contributed by atoms with Crippen molar-refractivity contribution in [2.45, 2.75) is 398 Å². The number of carbonyl (C=O) groups is 2.